The van der Waals surface area contributed by atoms with Crippen molar-refractivity contribution >= 4 is 40.6 Å². The second-order valence-corrected chi connectivity index (χ2v) is 7.40. The summed E-state index contributed by atoms with van der Waals surface area (Å²) in [5, 5.41) is 5.34. The summed E-state index contributed by atoms with van der Waals surface area (Å²) in [6.45, 7) is 5.74. The van der Waals surface area contributed by atoms with Gasteiger partial charge in [0.2, 0.25) is 4.84 Å². The van der Waals surface area contributed by atoms with E-state index in [1.807, 2.05) is 24.3 Å². The van der Waals surface area contributed by atoms with Gasteiger partial charge < -0.3 is 15.4 Å². The molecule has 0 heterocycles. The Morgan fingerprint density at radius 3 is 2.11 bits per heavy atom. The topological polar surface area (TPSA) is 50.4 Å². The second-order valence-electron chi connectivity index (χ2n) is 6.30. The van der Waals surface area contributed by atoms with Gasteiger partial charge in [0.15, 0.2) is 0 Å². The van der Waals surface area contributed by atoms with Crippen LogP contribution in [0.2, 0.25) is 0 Å². The molecule has 2 aromatic carbocycles. The molecule has 0 bridgehead atoms. The van der Waals surface area contributed by atoms with E-state index in [9.17, 15) is 13.6 Å². The van der Waals surface area contributed by atoms with Gasteiger partial charge in [-0.05, 0) is 54.3 Å². The van der Waals surface area contributed by atoms with Gasteiger partial charge in [-0.3, -0.25) is 0 Å². The fourth-order valence-corrected chi connectivity index (χ4v) is 2.37. The number of hydrogen-bond donors (Lipinski definition) is 2. The van der Waals surface area contributed by atoms with E-state index in [1.54, 1.807) is 6.92 Å². The Morgan fingerprint density at radius 2 is 1.59 bits per heavy atom. The number of alkyl halides is 4. The van der Waals surface area contributed by atoms with Crippen LogP contribution < -0.4 is 15.4 Å². The second kappa shape index (κ2) is 8.76. The fourth-order valence-electron chi connectivity index (χ4n) is 2.28. The Hall–Kier alpha value is -2.05. The average Bonchev–Trinajstić information content (AvgIpc) is 2.57. The highest BCUT2D eigenvalue weighted by molar-refractivity contribution is 6.44. The lowest BCUT2D eigenvalue weighted by molar-refractivity contribution is -0.163. The summed E-state index contributed by atoms with van der Waals surface area (Å²) in [5.74, 6) is 0.318. The Bertz CT molecular complexity index is 797. The minimum absolute atomic E-state index is 0.0819. The third kappa shape index (κ3) is 5.97. The number of hydrogen-bond acceptors (Lipinski definition) is 2. The summed E-state index contributed by atoms with van der Waals surface area (Å²) in [7, 11) is 0. The zero-order valence-corrected chi connectivity index (χ0v) is 16.5. The molecule has 0 aliphatic heterocycles. The minimum atomic E-state index is -3.72. The first-order valence-corrected chi connectivity index (χ1v) is 9.09. The summed E-state index contributed by atoms with van der Waals surface area (Å²) >= 11 is 10.4. The molecule has 0 saturated heterocycles. The molecule has 0 aliphatic carbocycles. The summed E-state index contributed by atoms with van der Waals surface area (Å²) < 4.78 is 31.5. The van der Waals surface area contributed by atoms with Gasteiger partial charge >= 0.3 is 12.1 Å². The van der Waals surface area contributed by atoms with E-state index >= 15 is 0 Å². The Morgan fingerprint density at radius 1 is 1.04 bits per heavy atom. The molecule has 0 atom stereocenters. The third-order valence-electron chi connectivity index (χ3n) is 3.77. The first-order valence-electron chi connectivity index (χ1n) is 8.22. The van der Waals surface area contributed by atoms with Crippen LogP contribution in [0.3, 0.4) is 0 Å². The van der Waals surface area contributed by atoms with E-state index in [-0.39, 0.29) is 5.75 Å². The largest absolute Gasteiger partial charge is 0.430 e. The van der Waals surface area contributed by atoms with Crippen molar-refractivity contribution in [2.45, 2.75) is 37.6 Å². The Balaban J connectivity index is 2.00. The van der Waals surface area contributed by atoms with Crippen molar-refractivity contribution in [3.63, 3.8) is 0 Å². The van der Waals surface area contributed by atoms with Crippen molar-refractivity contribution in [3.05, 3.63) is 53.6 Å². The maximum absolute atomic E-state index is 13.5. The number of halogens is 4. The molecule has 2 aromatic rings. The molecule has 0 saturated carbocycles. The molecule has 2 rings (SSSR count). The van der Waals surface area contributed by atoms with Gasteiger partial charge in [0.25, 0.3) is 0 Å². The fraction of sp³-hybridized carbons (Fsp3) is 0.316. The van der Waals surface area contributed by atoms with Gasteiger partial charge in [0, 0.05) is 11.4 Å². The highest BCUT2D eigenvalue weighted by Crippen LogP contribution is 2.32. The van der Waals surface area contributed by atoms with Crippen molar-refractivity contribution in [1.29, 1.82) is 0 Å². The number of amides is 2. The molecule has 0 radical (unpaired) electrons. The number of rotatable bonds is 6. The van der Waals surface area contributed by atoms with E-state index in [4.69, 9.17) is 23.2 Å². The van der Waals surface area contributed by atoms with Gasteiger partial charge in [-0.25, -0.2) is 4.79 Å². The molecule has 8 heteroatoms. The number of aryl methyl sites for hydroxylation is 1. The highest BCUT2D eigenvalue weighted by Gasteiger charge is 2.40. The van der Waals surface area contributed by atoms with E-state index in [1.165, 1.54) is 23.8 Å². The Labute approximate surface area is 166 Å². The van der Waals surface area contributed by atoms with Crippen LogP contribution in [0.5, 0.6) is 5.75 Å². The van der Waals surface area contributed by atoms with E-state index in [0.717, 1.165) is 0 Å². The van der Waals surface area contributed by atoms with Crippen molar-refractivity contribution in [2.75, 3.05) is 10.6 Å². The molecule has 0 fully saturated rings. The smallest absolute Gasteiger partial charge is 0.428 e. The zero-order valence-electron chi connectivity index (χ0n) is 15.0. The van der Waals surface area contributed by atoms with Crippen LogP contribution in [0.4, 0.5) is 25.0 Å². The monoisotopic (exact) mass is 416 g/mol. The summed E-state index contributed by atoms with van der Waals surface area (Å²) in [5.41, 5.74) is 2.62. The molecule has 4 nitrogen and oxygen atoms in total. The third-order valence-corrected chi connectivity index (χ3v) is 4.28. The number of urea groups is 1. The van der Waals surface area contributed by atoms with Crippen LogP contribution >= 0.6 is 23.2 Å². The van der Waals surface area contributed by atoms with Gasteiger partial charge in [0.1, 0.15) is 5.75 Å². The molecule has 146 valence electrons. The number of anilines is 2. The maximum Gasteiger partial charge on any atom is 0.428 e. The summed E-state index contributed by atoms with van der Waals surface area (Å²) in [4.78, 5) is 10.1. The molecule has 2 amide bonds. The predicted molar refractivity (Wildman–Crippen MR) is 105 cm³/mol. The first kappa shape index (κ1) is 21.3. The molecule has 0 aliphatic rings. The number of nitrogens with one attached hydrogen (secondary N) is 2. The van der Waals surface area contributed by atoms with E-state index < -0.39 is 17.0 Å². The highest BCUT2D eigenvalue weighted by atomic mass is 35.5. The lowest BCUT2D eigenvalue weighted by Crippen LogP contribution is -2.32. The van der Waals surface area contributed by atoms with Gasteiger partial charge in [0.05, 0.1) is 0 Å². The lowest BCUT2D eigenvalue weighted by atomic mass is 10.0. The van der Waals surface area contributed by atoms with Crippen molar-refractivity contribution in [1.82, 2.24) is 0 Å². The number of carbonyl (C=O) groups is 1. The maximum atomic E-state index is 13.5. The number of benzene rings is 2. The van der Waals surface area contributed by atoms with Gasteiger partial charge in [-0.2, -0.15) is 8.78 Å². The van der Waals surface area contributed by atoms with Gasteiger partial charge in [-0.1, -0.05) is 49.2 Å². The van der Waals surface area contributed by atoms with Crippen LogP contribution in [0, 0.1) is 6.92 Å². The van der Waals surface area contributed by atoms with Gasteiger partial charge in [-0.15, -0.1) is 0 Å². The lowest BCUT2D eigenvalue weighted by Gasteiger charge is -2.20. The summed E-state index contributed by atoms with van der Waals surface area (Å²) in [6, 6.07) is 11.3. The van der Waals surface area contributed by atoms with Crippen LogP contribution in [0.15, 0.2) is 42.5 Å². The van der Waals surface area contributed by atoms with E-state index in [0.29, 0.717) is 22.9 Å². The zero-order chi connectivity index (χ0) is 20.2. The minimum Gasteiger partial charge on any atom is -0.430 e. The molecular weight excluding hydrogens is 397 g/mol. The standard InChI is InChI=1S/C19H20Cl2F2N2O2/c1-11(2)13-4-6-14(7-5-13)24-18(26)25-15-8-9-16(12(3)10-15)27-19(22,23)17(20)21/h4-11,17H,1-3H3,(H2,24,25,26). The average molecular weight is 417 g/mol. The molecular formula is C19H20Cl2F2N2O2. The number of ether oxygens (including phenoxy) is 1. The van der Waals surface area contributed by atoms with Crippen LogP contribution in [0.25, 0.3) is 0 Å². The predicted octanol–water partition coefficient (Wildman–Crippen LogP) is 6.54. The van der Waals surface area contributed by atoms with Crippen LogP contribution in [-0.2, 0) is 0 Å². The van der Waals surface area contributed by atoms with Crippen LogP contribution in [0.1, 0.15) is 30.9 Å². The quantitative estimate of drug-likeness (QED) is 0.525. The van der Waals surface area contributed by atoms with Crippen molar-refractivity contribution in [3.8, 4) is 5.75 Å². The molecule has 0 aromatic heterocycles. The SMILES string of the molecule is Cc1cc(NC(=O)Nc2ccc(C(C)C)cc2)ccc1OC(F)(F)C(Cl)Cl. The van der Waals surface area contributed by atoms with Crippen LogP contribution in [-0.4, -0.2) is 17.0 Å². The normalized spacial score (nSPS) is 11.6. The molecule has 0 unspecified atom stereocenters. The summed E-state index contributed by atoms with van der Waals surface area (Å²) in [6.07, 6.45) is -3.72. The number of carbonyl (C=O) groups excluding carboxylic acids is 1. The van der Waals surface area contributed by atoms with E-state index in [2.05, 4.69) is 29.2 Å². The molecule has 0 spiro atoms. The van der Waals surface area contributed by atoms with Crippen molar-refractivity contribution < 1.29 is 18.3 Å². The molecule has 27 heavy (non-hydrogen) atoms. The Kier molecular flexibility index (Phi) is 6.89. The van der Waals surface area contributed by atoms with Crippen molar-refractivity contribution in [2.24, 2.45) is 0 Å². The first-order chi connectivity index (χ1) is 12.6. The molecule has 2 N–H and O–H groups in total.